The summed E-state index contributed by atoms with van der Waals surface area (Å²) >= 11 is 0. The lowest BCUT2D eigenvalue weighted by molar-refractivity contribution is -0.122. The van der Waals surface area contributed by atoms with Crippen LogP contribution in [0.15, 0.2) is 47.1 Å². The smallest absolute Gasteiger partial charge is 0.289 e. The van der Waals surface area contributed by atoms with E-state index < -0.39 is 0 Å². The van der Waals surface area contributed by atoms with Gasteiger partial charge in [0.15, 0.2) is 5.76 Å². The molecule has 1 aromatic heterocycles. The van der Waals surface area contributed by atoms with Crippen molar-refractivity contribution >= 4 is 11.8 Å². The predicted octanol–water partition coefficient (Wildman–Crippen LogP) is 2.77. The first-order valence-electron chi connectivity index (χ1n) is 8.48. The Morgan fingerprint density at radius 3 is 2.68 bits per heavy atom. The number of likely N-dealkylation sites (tertiary alicyclic amines) is 1. The summed E-state index contributed by atoms with van der Waals surface area (Å²) in [6, 6.07) is 9.72. The van der Waals surface area contributed by atoms with Crippen molar-refractivity contribution in [2.24, 2.45) is 0 Å². The van der Waals surface area contributed by atoms with Crippen molar-refractivity contribution in [1.29, 1.82) is 0 Å². The average Bonchev–Trinajstić information content (AvgIpc) is 3.15. The van der Waals surface area contributed by atoms with E-state index in [-0.39, 0.29) is 23.7 Å². The third kappa shape index (κ3) is 4.68. The van der Waals surface area contributed by atoms with Crippen LogP contribution in [-0.2, 0) is 11.2 Å². The van der Waals surface area contributed by atoms with Gasteiger partial charge in [0.05, 0.1) is 6.26 Å². The molecule has 1 fully saturated rings. The third-order valence-corrected chi connectivity index (χ3v) is 4.41. The number of piperidine rings is 1. The van der Waals surface area contributed by atoms with Crippen LogP contribution in [0, 0.1) is 5.82 Å². The fourth-order valence-electron chi connectivity index (χ4n) is 3.03. The van der Waals surface area contributed by atoms with Gasteiger partial charge in [0, 0.05) is 25.6 Å². The zero-order valence-electron chi connectivity index (χ0n) is 13.9. The van der Waals surface area contributed by atoms with Gasteiger partial charge in [-0.3, -0.25) is 9.59 Å². The number of nitrogens with zero attached hydrogens (tertiary/aromatic N) is 1. The molecule has 132 valence electrons. The summed E-state index contributed by atoms with van der Waals surface area (Å²) in [7, 11) is 0. The van der Waals surface area contributed by atoms with Crippen LogP contribution in [0.25, 0.3) is 0 Å². The van der Waals surface area contributed by atoms with Gasteiger partial charge in [-0.2, -0.15) is 0 Å². The minimum absolute atomic E-state index is 0.0416. The number of furan rings is 1. The topological polar surface area (TPSA) is 62.6 Å². The number of nitrogens with one attached hydrogen (secondary N) is 1. The van der Waals surface area contributed by atoms with Crippen LogP contribution in [0.3, 0.4) is 0 Å². The highest BCUT2D eigenvalue weighted by Gasteiger charge is 2.25. The second-order valence-electron chi connectivity index (χ2n) is 6.24. The number of amides is 2. The molecule has 25 heavy (non-hydrogen) atoms. The van der Waals surface area contributed by atoms with Gasteiger partial charge >= 0.3 is 0 Å². The molecule has 1 saturated heterocycles. The fourth-order valence-corrected chi connectivity index (χ4v) is 3.03. The molecule has 0 spiro atoms. The average molecular weight is 344 g/mol. The number of hydrogen-bond donors (Lipinski definition) is 1. The van der Waals surface area contributed by atoms with Crippen LogP contribution in [0.5, 0.6) is 0 Å². The lowest BCUT2D eigenvalue weighted by Crippen LogP contribution is -2.46. The van der Waals surface area contributed by atoms with Crippen molar-refractivity contribution in [3.63, 3.8) is 0 Å². The van der Waals surface area contributed by atoms with E-state index in [4.69, 9.17) is 4.42 Å². The van der Waals surface area contributed by atoms with Gasteiger partial charge in [-0.25, -0.2) is 4.39 Å². The van der Waals surface area contributed by atoms with Crippen LogP contribution in [0.4, 0.5) is 4.39 Å². The van der Waals surface area contributed by atoms with Gasteiger partial charge in [-0.05, 0) is 49.1 Å². The van der Waals surface area contributed by atoms with Crippen LogP contribution in [0.2, 0.25) is 0 Å². The highest BCUT2D eigenvalue weighted by molar-refractivity contribution is 5.91. The molecule has 2 heterocycles. The summed E-state index contributed by atoms with van der Waals surface area (Å²) in [6.07, 6.45) is 3.77. The zero-order valence-corrected chi connectivity index (χ0v) is 13.9. The number of hydrogen-bond acceptors (Lipinski definition) is 3. The monoisotopic (exact) mass is 344 g/mol. The first-order valence-corrected chi connectivity index (χ1v) is 8.48. The molecule has 2 aromatic rings. The molecule has 5 nitrogen and oxygen atoms in total. The Kier molecular flexibility index (Phi) is 5.48. The molecule has 0 radical (unpaired) electrons. The number of halogens is 1. The third-order valence-electron chi connectivity index (χ3n) is 4.41. The SMILES string of the molecule is O=C(CCc1cccc(F)c1)NC1CCN(C(=O)c2ccco2)CC1. The number of carbonyl (C=O) groups excluding carboxylic acids is 2. The minimum atomic E-state index is -0.286. The predicted molar refractivity (Wildman–Crippen MR) is 90.5 cm³/mol. The standard InChI is InChI=1S/C19H21FN2O3/c20-15-4-1-3-14(13-15)6-7-18(23)21-16-8-10-22(11-9-16)19(24)17-5-2-12-25-17/h1-5,12-13,16H,6-11H2,(H,21,23). The van der Waals surface area contributed by atoms with E-state index in [1.165, 1.54) is 18.4 Å². The van der Waals surface area contributed by atoms with E-state index in [1.807, 2.05) is 6.07 Å². The largest absolute Gasteiger partial charge is 0.459 e. The van der Waals surface area contributed by atoms with Crippen molar-refractivity contribution in [2.45, 2.75) is 31.7 Å². The second kappa shape index (κ2) is 7.96. The molecular formula is C19H21FN2O3. The molecule has 3 rings (SSSR count). The molecule has 0 aliphatic carbocycles. The molecule has 0 saturated carbocycles. The van der Waals surface area contributed by atoms with E-state index in [0.717, 1.165) is 18.4 Å². The van der Waals surface area contributed by atoms with Crippen LogP contribution < -0.4 is 5.32 Å². The van der Waals surface area contributed by atoms with Gasteiger partial charge in [0.2, 0.25) is 5.91 Å². The molecular weight excluding hydrogens is 323 g/mol. The summed E-state index contributed by atoms with van der Waals surface area (Å²) in [5, 5.41) is 3.00. The Hall–Kier alpha value is -2.63. The summed E-state index contributed by atoms with van der Waals surface area (Å²) < 4.78 is 18.3. The Morgan fingerprint density at radius 1 is 1.20 bits per heavy atom. The van der Waals surface area contributed by atoms with Crippen LogP contribution in [0.1, 0.15) is 35.4 Å². The van der Waals surface area contributed by atoms with E-state index in [2.05, 4.69) is 5.32 Å². The van der Waals surface area contributed by atoms with E-state index >= 15 is 0 Å². The molecule has 0 bridgehead atoms. The number of aryl methyl sites for hydroxylation is 1. The molecule has 1 aromatic carbocycles. The van der Waals surface area contributed by atoms with Gasteiger partial charge in [-0.15, -0.1) is 0 Å². The number of rotatable bonds is 5. The van der Waals surface area contributed by atoms with Crippen molar-refractivity contribution < 1.29 is 18.4 Å². The zero-order chi connectivity index (χ0) is 17.6. The summed E-state index contributed by atoms with van der Waals surface area (Å²) in [5.41, 5.74) is 0.814. The van der Waals surface area contributed by atoms with Gasteiger partial charge in [0.1, 0.15) is 5.82 Å². The summed E-state index contributed by atoms with van der Waals surface area (Å²) in [4.78, 5) is 26.0. The maximum Gasteiger partial charge on any atom is 0.289 e. The number of benzene rings is 1. The maximum atomic E-state index is 13.1. The number of carbonyl (C=O) groups is 2. The van der Waals surface area contributed by atoms with Gasteiger partial charge in [-0.1, -0.05) is 12.1 Å². The molecule has 1 aliphatic heterocycles. The first kappa shape index (κ1) is 17.2. The summed E-state index contributed by atoms with van der Waals surface area (Å²) in [6.45, 7) is 1.18. The Balaban J connectivity index is 1.41. The highest BCUT2D eigenvalue weighted by Crippen LogP contribution is 2.15. The second-order valence-corrected chi connectivity index (χ2v) is 6.24. The van der Waals surface area contributed by atoms with E-state index in [9.17, 15) is 14.0 Å². The van der Waals surface area contributed by atoms with Gasteiger partial charge < -0.3 is 14.6 Å². The first-order chi connectivity index (χ1) is 12.1. The minimum Gasteiger partial charge on any atom is -0.459 e. The highest BCUT2D eigenvalue weighted by atomic mass is 19.1. The molecule has 1 N–H and O–H groups in total. The van der Waals surface area contributed by atoms with Gasteiger partial charge in [0.25, 0.3) is 5.91 Å². The van der Waals surface area contributed by atoms with Crippen LogP contribution >= 0.6 is 0 Å². The lowest BCUT2D eigenvalue weighted by atomic mass is 10.0. The van der Waals surface area contributed by atoms with Crippen molar-refractivity contribution in [1.82, 2.24) is 10.2 Å². The van der Waals surface area contributed by atoms with E-state index in [0.29, 0.717) is 31.7 Å². The fraction of sp³-hybridized carbons (Fsp3) is 0.368. The molecule has 6 heteroatoms. The Morgan fingerprint density at radius 2 is 2.00 bits per heavy atom. The molecule has 2 amide bonds. The quantitative estimate of drug-likeness (QED) is 0.907. The normalized spacial score (nSPS) is 15.2. The maximum absolute atomic E-state index is 13.1. The Labute approximate surface area is 145 Å². The Bertz CT molecular complexity index is 722. The molecule has 0 atom stereocenters. The summed E-state index contributed by atoms with van der Waals surface area (Å²) in [5.74, 6) is -0.0926. The lowest BCUT2D eigenvalue weighted by Gasteiger charge is -2.31. The van der Waals surface area contributed by atoms with Crippen molar-refractivity contribution in [3.05, 3.63) is 59.8 Å². The van der Waals surface area contributed by atoms with E-state index in [1.54, 1.807) is 23.1 Å². The van der Waals surface area contributed by atoms with Crippen molar-refractivity contribution in [3.8, 4) is 0 Å². The van der Waals surface area contributed by atoms with Crippen molar-refractivity contribution in [2.75, 3.05) is 13.1 Å². The molecule has 0 unspecified atom stereocenters. The van der Waals surface area contributed by atoms with Crippen LogP contribution in [-0.4, -0.2) is 35.8 Å². The molecule has 1 aliphatic rings.